The fraction of sp³-hybridized carbons (Fsp3) is 0.560. The van der Waals surface area contributed by atoms with Gasteiger partial charge in [-0.2, -0.15) is 0 Å². The summed E-state index contributed by atoms with van der Waals surface area (Å²) in [6, 6.07) is 6.04. The first-order chi connectivity index (χ1) is 15.2. The van der Waals surface area contributed by atoms with Crippen molar-refractivity contribution in [3.05, 3.63) is 35.5 Å². The highest BCUT2D eigenvalue weighted by Crippen LogP contribution is 2.41. The van der Waals surface area contributed by atoms with Crippen molar-refractivity contribution in [2.75, 3.05) is 0 Å². The van der Waals surface area contributed by atoms with Gasteiger partial charge in [0, 0.05) is 34.9 Å². The molecule has 7 heteroatoms. The van der Waals surface area contributed by atoms with Gasteiger partial charge in [0.25, 0.3) is 0 Å². The Balaban J connectivity index is 1.86. The second-order valence-electron chi connectivity index (χ2n) is 9.67. The number of aromatic amines is 1. The van der Waals surface area contributed by atoms with Gasteiger partial charge in [0.1, 0.15) is 17.6 Å². The van der Waals surface area contributed by atoms with Crippen molar-refractivity contribution in [1.29, 1.82) is 0 Å². The molecule has 6 unspecified atom stereocenters. The van der Waals surface area contributed by atoms with Crippen molar-refractivity contribution in [3.63, 3.8) is 0 Å². The monoisotopic (exact) mass is 440 g/mol. The maximum atomic E-state index is 13.8. The fourth-order valence-corrected chi connectivity index (χ4v) is 5.56. The van der Waals surface area contributed by atoms with E-state index in [0.29, 0.717) is 19.3 Å². The van der Waals surface area contributed by atoms with Crippen LogP contribution in [-0.4, -0.2) is 44.9 Å². The van der Waals surface area contributed by atoms with Gasteiger partial charge < -0.3 is 15.2 Å². The minimum atomic E-state index is -1.00. The van der Waals surface area contributed by atoms with Crippen LogP contribution in [0.2, 0.25) is 0 Å². The Labute approximate surface area is 187 Å². The molecule has 2 aliphatic rings. The molecule has 7 nitrogen and oxygen atoms in total. The number of hydrogen-bond acceptors (Lipinski definition) is 5. The molecule has 0 bridgehead atoms. The molecule has 0 saturated heterocycles. The zero-order valence-electron chi connectivity index (χ0n) is 18.8. The van der Waals surface area contributed by atoms with E-state index in [4.69, 9.17) is 0 Å². The van der Waals surface area contributed by atoms with Gasteiger partial charge in [-0.1, -0.05) is 39.0 Å². The zero-order chi connectivity index (χ0) is 23.2. The fourth-order valence-electron chi connectivity index (χ4n) is 5.56. The van der Waals surface area contributed by atoms with E-state index >= 15 is 0 Å². The molecule has 1 fully saturated rings. The van der Waals surface area contributed by atoms with Crippen molar-refractivity contribution in [1.82, 2.24) is 10.3 Å². The number of aromatic nitrogens is 1. The number of nitrogens with one attached hydrogen (secondary N) is 2. The van der Waals surface area contributed by atoms with Gasteiger partial charge in [-0.25, -0.2) is 0 Å². The van der Waals surface area contributed by atoms with E-state index in [-0.39, 0.29) is 23.9 Å². The summed E-state index contributed by atoms with van der Waals surface area (Å²) in [5.74, 6) is -3.33. The van der Waals surface area contributed by atoms with Crippen molar-refractivity contribution >= 4 is 28.4 Å². The largest absolute Gasteiger partial charge is 0.480 e. The Bertz CT molecular complexity index is 1040. The quantitative estimate of drug-likeness (QED) is 0.543. The molecule has 1 aromatic carbocycles. The number of carbonyl (C=O) groups is 3. The number of carboxylic acids is 1. The predicted molar refractivity (Wildman–Crippen MR) is 120 cm³/mol. The standard InChI is InChI=1S/C25H32N2O5/c1-4-13-9-14(28)10-16(12(2)3)24(30)20(23(13)29)22-21-17(11-19(27-22)25(31)32)15-7-5-6-8-18(15)26-21/h5-8,12-14,16,19-20,22,26-28H,4,9-11H2,1-3H3,(H,31,32). The maximum absolute atomic E-state index is 13.8. The Kier molecular flexibility index (Phi) is 6.23. The Hall–Kier alpha value is -2.51. The van der Waals surface area contributed by atoms with Crippen LogP contribution < -0.4 is 5.32 Å². The third kappa shape index (κ3) is 3.88. The average molecular weight is 441 g/mol. The van der Waals surface area contributed by atoms with Crippen LogP contribution in [0.15, 0.2) is 24.3 Å². The lowest BCUT2D eigenvalue weighted by atomic mass is 9.69. The Morgan fingerprint density at radius 1 is 1.16 bits per heavy atom. The average Bonchev–Trinajstić information content (AvgIpc) is 3.13. The molecule has 6 atom stereocenters. The number of fused-ring (bicyclic) bond motifs is 3. The van der Waals surface area contributed by atoms with Gasteiger partial charge in [0.05, 0.1) is 18.1 Å². The zero-order valence-corrected chi connectivity index (χ0v) is 18.8. The summed E-state index contributed by atoms with van der Waals surface area (Å²) in [4.78, 5) is 42.9. The van der Waals surface area contributed by atoms with Crippen LogP contribution in [0.1, 0.15) is 57.3 Å². The number of para-hydroxylation sites is 1. The summed E-state index contributed by atoms with van der Waals surface area (Å²) in [7, 11) is 0. The molecule has 1 aliphatic heterocycles. The molecule has 32 heavy (non-hydrogen) atoms. The molecule has 1 saturated carbocycles. The molecule has 1 aliphatic carbocycles. The van der Waals surface area contributed by atoms with E-state index in [2.05, 4.69) is 10.3 Å². The van der Waals surface area contributed by atoms with Crippen LogP contribution in [0.3, 0.4) is 0 Å². The SMILES string of the molecule is CCC1CC(O)CC(C(C)C)C(=O)C(C2NC(C(=O)O)Cc3c2[nH]c2ccccc32)C1=O. The van der Waals surface area contributed by atoms with E-state index in [1.54, 1.807) is 0 Å². The highest BCUT2D eigenvalue weighted by molar-refractivity contribution is 6.06. The van der Waals surface area contributed by atoms with Crippen LogP contribution in [-0.2, 0) is 20.8 Å². The number of benzene rings is 1. The normalized spacial score (nSPS) is 31.4. The lowest BCUT2D eigenvalue weighted by Gasteiger charge is -2.39. The minimum absolute atomic E-state index is 0.0355. The van der Waals surface area contributed by atoms with Crippen molar-refractivity contribution in [3.8, 4) is 0 Å². The molecule has 2 aromatic rings. The second-order valence-corrected chi connectivity index (χ2v) is 9.67. The van der Waals surface area contributed by atoms with Crippen molar-refractivity contribution < 1.29 is 24.6 Å². The summed E-state index contributed by atoms with van der Waals surface area (Å²) in [6.45, 7) is 5.75. The number of rotatable bonds is 4. The molecular formula is C25H32N2O5. The molecule has 2 heterocycles. The molecule has 1 aromatic heterocycles. The number of aliphatic hydroxyl groups excluding tert-OH is 1. The summed E-state index contributed by atoms with van der Waals surface area (Å²) < 4.78 is 0. The number of hydrogen-bond donors (Lipinski definition) is 4. The third-order valence-corrected chi connectivity index (χ3v) is 7.34. The number of carboxylic acid groups (broad SMARTS) is 1. The van der Waals surface area contributed by atoms with Gasteiger partial charge >= 0.3 is 5.97 Å². The Morgan fingerprint density at radius 3 is 2.53 bits per heavy atom. The molecule has 0 radical (unpaired) electrons. The summed E-state index contributed by atoms with van der Waals surface area (Å²) in [6.07, 6.45) is 0.767. The molecular weight excluding hydrogens is 408 g/mol. The minimum Gasteiger partial charge on any atom is -0.480 e. The van der Waals surface area contributed by atoms with Crippen LogP contribution in [0, 0.1) is 23.7 Å². The van der Waals surface area contributed by atoms with Crippen LogP contribution in [0.25, 0.3) is 10.9 Å². The van der Waals surface area contributed by atoms with Crippen LogP contribution in [0.4, 0.5) is 0 Å². The number of Topliss-reactive ketones (excluding diaryl/α,β-unsaturated/α-hetero) is 2. The predicted octanol–water partition coefficient (Wildman–Crippen LogP) is 3.02. The van der Waals surface area contributed by atoms with Crippen molar-refractivity contribution in [2.45, 2.75) is 64.6 Å². The second kappa shape index (κ2) is 8.79. The summed E-state index contributed by atoms with van der Waals surface area (Å²) >= 11 is 0. The molecule has 172 valence electrons. The van der Waals surface area contributed by atoms with Crippen LogP contribution in [0.5, 0.6) is 0 Å². The van der Waals surface area contributed by atoms with Gasteiger partial charge in [0.2, 0.25) is 0 Å². The highest BCUT2D eigenvalue weighted by atomic mass is 16.4. The van der Waals surface area contributed by atoms with Crippen LogP contribution >= 0.6 is 0 Å². The Morgan fingerprint density at radius 2 is 1.88 bits per heavy atom. The van der Waals surface area contributed by atoms with Gasteiger partial charge in [-0.3, -0.25) is 19.7 Å². The van der Waals surface area contributed by atoms with Gasteiger partial charge in [-0.05, 0) is 36.8 Å². The van der Waals surface area contributed by atoms with E-state index in [1.807, 2.05) is 45.0 Å². The lowest BCUT2D eigenvalue weighted by Crippen LogP contribution is -2.53. The van der Waals surface area contributed by atoms with Gasteiger partial charge in [0.15, 0.2) is 0 Å². The molecule has 0 amide bonds. The van der Waals surface area contributed by atoms with Gasteiger partial charge in [-0.15, -0.1) is 0 Å². The van der Waals surface area contributed by atoms with E-state index < -0.39 is 41.9 Å². The molecule has 4 N–H and O–H groups in total. The van der Waals surface area contributed by atoms with E-state index in [1.165, 1.54) is 0 Å². The number of ketones is 2. The van der Waals surface area contributed by atoms with Crippen molar-refractivity contribution in [2.24, 2.45) is 23.7 Å². The smallest absolute Gasteiger partial charge is 0.321 e. The topological polar surface area (TPSA) is 119 Å². The third-order valence-electron chi connectivity index (χ3n) is 7.34. The first-order valence-electron chi connectivity index (χ1n) is 11.6. The first kappa shape index (κ1) is 22.7. The lowest BCUT2D eigenvalue weighted by molar-refractivity contribution is -0.146. The number of aliphatic carboxylic acids is 1. The number of H-pyrrole nitrogens is 1. The highest BCUT2D eigenvalue weighted by Gasteiger charge is 2.48. The molecule has 0 spiro atoms. The van der Waals surface area contributed by atoms with E-state index in [9.17, 15) is 24.6 Å². The number of carbonyl (C=O) groups excluding carboxylic acids is 2. The summed E-state index contributed by atoms with van der Waals surface area (Å²) in [5.41, 5.74) is 2.45. The maximum Gasteiger partial charge on any atom is 0.321 e. The first-order valence-corrected chi connectivity index (χ1v) is 11.6. The molecule has 4 rings (SSSR count). The number of aliphatic hydroxyl groups is 1. The summed E-state index contributed by atoms with van der Waals surface area (Å²) in [5, 5.41) is 24.4. The van der Waals surface area contributed by atoms with E-state index in [0.717, 1.165) is 22.2 Å².